The van der Waals surface area contributed by atoms with Crippen molar-refractivity contribution in [1.82, 2.24) is 10.6 Å². The van der Waals surface area contributed by atoms with Gasteiger partial charge in [-0.05, 0) is 43.9 Å². The van der Waals surface area contributed by atoms with Crippen molar-refractivity contribution in [2.45, 2.75) is 56.9 Å². The molecule has 1 fully saturated rings. The number of hydrogen-bond donors (Lipinski definition) is 3. The number of methoxy groups -OCH3 is 1. The van der Waals surface area contributed by atoms with Gasteiger partial charge in [-0.25, -0.2) is 0 Å². The fourth-order valence-corrected chi connectivity index (χ4v) is 4.72. The monoisotopic (exact) mass is 395 g/mol. The average molecular weight is 396 g/mol. The van der Waals surface area contributed by atoms with Crippen LogP contribution in [0.2, 0.25) is 0 Å². The molecule has 27 heavy (non-hydrogen) atoms. The summed E-state index contributed by atoms with van der Waals surface area (Å²) in [5.74, 6) is 2.19. The molecule has 1 aliphatic rings. The first-order valence-corrected chi connectivity index (χ1v) is 11.2. The number of aliphatic imine (C=N–C) groups is 1. The molecule has 0 amide bonds. The summed E-state index contributed by atoms with van der Waals surface area (Å²) >= 11 is 0. The molecule has 0 heterocycles. The van der Waals surface area contributed by atoms with E-state index in [4.69, 9.17) is 4.74 Å². The van der Waals surface area contributed by atoms with Gasteiger partial charge in [0.15, 0.2) is 5.96 Å². The molecular weight excluding hydrogens is 362 g/mol. The van der Waals surface area contributed by atoms with E-state index in [1.165, 1.54) is 0 Å². The van der Waals surface area contributed by atoms with Crippen LogP contribution in [0.5, 0.6) is 5.75 Å². The lowest BCUT2D eigenvalue weighted by molar-refractivity contribution is 0.187. The Labute approximate surface area is 165 Å². The maximum Gasteiger partial charge on any atom is 0.191 e. The van der Waals surface area contributed by atoms with Crippen molar-refractivity contribution >= 4 is 16.8 Å². The van der Waals surface area contributed by atoms with Gasteiger partial charge in [0, 0.05) is 34.4 Å². The Morgan fingerprint density at radius 3 is 2.70 bits per heavy atom. The van der Waals surface area contributed by atoms with Gasteiger partial charge in [0.1, 0.15) is 5.75 Å². The lowest BCUT2D eigenvalue weighted by Gasteiger charge is -2.30. The van der Waals surface area contributed by atoms with Gasteiger partial charge in [-0.15, -0.1) is 0 Å². The van der Waals surface area contributed by atoms with Gasteiger partial charge >= 0.3 is 0 Å². The minimum absolute atomic E-state index is 0.272. The highest BCUT2D eigenvalue weighted by Gasteiger charge is 2.26. The molecule has 3 N–H and O–H groups in total. The topological polar surface area (TPSA) is 83.0 Å². The molecule has 0 aliphatic heterocycles. The second-order valence-corrected chi connectivity index (χ2v) is 8.81. The van der Waals surface area contributed by atoms with E-state index in [0.717, 1.165) is 49.3 Å². The van der Waals surface area contributed by atoms with Crippen LogP contribution < -0.4 is 15.4 Å². The molecule has 0 saturated heterocycles. The summed E-state index contributed by atoms with van der Waals surface area (Å²) in [6.45, 7) is 5.03. The number of guanidine groups is 1. The summed E-state index contributed by atoms with van der Waals surface area (Å²) in [4.78, 5) is 4.55. The Hall–Kier alpha value is -1.60. The maximum absolute atomic E-state index is 12.1. The molecule has 6 nitrogen and oxygen atoms in total. The summed E-state index contributed by atoms with van der Waals surface area (Å²) in [5.41, 5.74) is 0.812. The zero-order valence-electron chi connectivity index (χ0n) is 16.6. The van der Waals surface area contributed by atoms with E-state index in [1.54, 1.807) is 7.11 Å². The van der Waals surface area contributed by atoms with E-state index in [1.807, 2.05) is 38.1 Å². The van der Waals surface area contributed by atoms with E-state index >= 15 is 0 Å². The van der Waals surface area contributed by atoms with E-state index in [9.17, 15) is 9.32 Å². The van der Waals surface area contributed by atoms with Crippen molar-refractivity contribution in [3.05, 3.63) is 29.8 Å². The van der Waals surface area contributed by atoms with Crippen LogP contribution in [0.25, 0.3) is 0 Å². The van der Waals surface area contributed by atoms with Crippen LogP contribution in [0, 0.1) is 0 Å². The second-order valence-electron chi connectivity index (χ2n) is 6.81. The first-order valence-electron chi connectivity index (χ1n) is 9.81. The zero-order chi connectivity index (χ0) is 19.6. The van der Waals surface area contributed by atoms with Gasteiger partial charge in [-0.3, -0.25) is 9.20 Å². The van der Waals surface area contributed by atoms with Crippen LogP contribution in [0.1, 0.15) is 51.2 Å². The van der Waals surface area contributed by atoms with Crippen molar-refractivity contribution in [3.8, 4) is 5.75 Å². The number of hydrogen-bond acceptors (Lipinski definition) is 4. The molecule has 4 atom stereocenters. The Morgan fingerprint density at radius 2 is 2.07 bits per heavy atom. The molecular formula is C20H33N3O3S. The normalized spacial score (nSPS) is 22.7. The van der Waals surface area contributed by atoms with Crippen molar-refractivity contribution in [2.75, 3.05) is 26.0 Å². The standard InChI is InChI=1S/C20H33N3O3S/c1-4-21-20(23-16-7-6-8-18(13-16)27(25)5-2)22-14-19(24)15-9-11-17(26-3)12-10-15/h9-12,16,18-19,24H,4-8,13-14H2,1-3H3,(H2,21,22,23). The van der Waals surface area contributed by atoms with Crippen molar-refractivity contribution in [3.63, 3.8) is 0 Å². The third-order valence-electron chi connectivity index (χ3n) is 4.89. The summed E-state index contributed by atoms with van der Waals surface area (Å²) in [6, 6.07) is 7.65. The number of aliphatic hydroxyl groups is 1. The smallest absolute Gasteiger partial charge is 0.191 e. The van der Waals surface area contributed by atoms with Crippen LogP contribution in [-0.2, 0) is 10.8 Å². The molecule has 0 bridgehead atoms. The van der Waals surface area contributed by atoms with Crippen LogP contribution in [0.15, 0.2) is 29.3 Å². The van der Waals surface area contributed by atoms with E-state index in [0.29, 0.717) is 5.96 Å². The summed E-state index contributed by atoms with van der Waals surface area (Å²) in [6.07, 6.45) is 3.43. The molecule has 1 aliphatic carbocycles. The van der Waals surface area contributed by atoms with E-state index in [-0.39, 0.29) is 17.8 Å². The minimum atomic E-state index is -0.742. The predicted molar refractivity (Wildman–Crippen MR) is 112 cm³/mol. The minimum Gasteiger partial charge on any atom is -0.497 e. The Bertz CT molecular complexity index is 621. The first-order chi connectivity index (χ1) is 13.1. The highest BCUT2D eigenvalue weighted by atomic mass is 32.2. The van der Waals surface area contributed by atoms with Gasteiger partial charge in [0.2, 0.25) is 0 Å². The number of benzene rings is 1. The second kappa shape index (κ2) is 11.3. The van der Waals surface area contributed by atoms with Gasteiger partial charge in [0.05, 0.1) is 19.8 Å². The van der Waals surface area contributed by atoms with Gasteiger partial charge in [-0.1, -0.05) is 25.5 Å². The lowest BCUT2D eigenvalue weighted by atomic mass is 9.95. The highest BCUT2D eigenvalue weighted by Crippen LogP contribution is 2.23. The quantitative estimate of drug-likeness (QED) is 0.465. The van der Waals surface area contributed by atoms with Crippen molar-refractivity contribution in [2.24, 2.45) is 4.99 Å². The van der Waals surface area contributed by atoms with Crippen LogP contribution in [-0.4, -0.2) is 52.5 Å². The largest absolute Gasteiger partial charge is 0.497 e. The van der Waals surface area contributed by atoms with Crippen LogP contribution >= 0.6 is 0 Å². The SMILES string of the molecule is CCNC(=NCC(O)c1ccc(OC)cc1)NC1CCCC(S(=O)CC)C1. The first kappa shape index (κ1) is 21.7. The van der Waals surface area contributed by atoms with Gasteiger partial charge in [-0.2, -0.15) is 0 Å². The lowest BCUT2D eigenvalue weighted by Crippen LogP contribution is -2.46. The van der Waals surface area contributed by atoms with Crippen LogP contribution in [0.3, 0.4) is 0 Å². The molecule has 2 rings (SSSR count). The molecule has 0 spiro atoms. The number of rotatable bonds is 8. The Kier molecular flexibility index (Phi) is 9.07. The maximum atomic E-state index is 12.1. The summed E-state index contributed by atoms with van der Waals surface area (Å²) in [5, 5.41) is 17.4. The van der Waals surface area contributed by atoms with E-state index in [2.05, 4.69) is 15.6 Å². The number of nitrogens with zero attached hydrogens (tertiary/aromatic N) is 1. The number of ether oxygens (including phenoxy) is 1. The molecule has 4 unspecified atom stereocenters. The predicted octanol–water partition coefficient (Wildman–Crippen LogP) is 2.36. The van der Waals surface area contributed by atoms with E-state index < -0.39 is 16.9 Å². The van der Waals surface area contributed by atoms with Crippen LogP contribution in [0.4, 0.5) is 0 Å². The fraction of sp³-hybridized carbons (Fsp3) is 0.650. The molecule has 1 aromatic carbocycles. The molecule has 152 valence electrons. The van der Waals surface area contributed by atoms with Gasteiger partial charge in [0.25, 0.3) is 0 Å². The molecule has 0 aromatic heterocycles. The number of nitrogens with one attached hydrogen (secondary N) is 2. The van der Waals surface area contributed by atoms with Crippen molar-refractivity contribution in [1.29, 1.82) is 0 Å². The highest BCUT2D eigenvalue weighted by molar-refractivity contribution is 7.85. The van der Waals surface area contributed by atoms with Gasteiger partial charge < -0.3 is 20.5 Å². The molecule has 7 heteroatoms. The molecule has 1 aromatic rings. The summed E-state index contributed by atoms with van der Waals surface area (Å²) < 4.78 is 17.3. The Morgan fingerprint density at radius 1 is 1.33 bits per heavy atom. The molecule has 0 radical (unpaired) electrons. The van der Waals surface area contributed by atoms with Crippen molar-refractivity contribution < 1.29 is 14.1 Å². The third-order valence-corrected chi connectivity index (χ3v) is 6.63. The average Bonchev–Trinajstić information content (AvgIpc) is 2.71. The fourth-order valence-electron chi connectivity index (χ4n) is 3.37. The number of aliphatic hydroxyl groups excluding tert-OH is 1. The Balaban J connectivity index is 1.95. The molecule has 1 saturated carbocycles. The third kappa shape index (κ3) is 6.81. The summed E-state index contributed by atoms with van der Waals surface area (Å²) in [7, 11) is 0.879. The zero-order valence-corrected chi connectivity index (χ0v) is 17.4.